The highest BCUT2D eigenvalue weighted by Gasteiger charge is 2.59. The Balaban J connectivity index is 1.49. The third kappa shape index (κ3) is 3.66. The van der Waals surface area contributed by atoms with Gasteiger partial charge in [0.1, 0.15) is 0 Å². The first-order chi connectivity index (χ1) is 13.7. The van der Waals surface area contributed by atoms with Crippen LogP contribution in [-0.2, 0) is 0 Å². The van der Waals surface area contributed by atoms with Crippen LogP contribution < -0.4 is 0 Å². The van der Waals surface area contributed by atoms with Crippen molar-refractivity contribution in [3.8, 4) is 0 Å². The van der Waals surface area contributed by atoms with E-state index in [4.69, 9.17) is 0 Å². The zero-order chi connectivity index (χ0) is 21.0. The van der Waals surface area contributed by atoms with Gasteiger partial charge in [-0.3, -0.25) is 0 Å². The topological polar surface area (TPSA) is 20.2 Å². The molecule has 8 unspecified atom stereocenters. The van der Waals surface area contributed by atoms with Crippen molar-refractivity contribution in [2.24, 2.45) is 52.3 Å². The SMILES string of the molecule is CC(C)C(C)CCC(C)C1CCC2C3CC=C4CC(O)CCC4(C)[C@H]3CCC12C. The van der Waals surface area contributed by atoms with Gasteiger partial charge in [0.2, 0.25) is 0 Å². The van der Waals surface area contributed by atoms with Crippen molar-refractivity contribution in [1.82, 2.24) is 0 Å². The van der Waals surface area contributed by atoms with Gasteiger partial charge in [-0.1, -0.05) is 66.0 Å². The monoisotopic (exact) mass is 400 g/mol. The first-order valence-corrected chi connectivity index (χ1v) is 13.0. The molecule has 0 spiro atoms. The number of allylic oxidation sites excluding steroid dienone is 1. The molecule has 1 N–H and O–H groups in total. The normalized spacial score (nSPS) is 46.5. The predicted molar refractivity (Wildman–Crippen MR) is 124 cm³/mol. The van der Waals surface area contributed by atoms with Crippen molar-refractivity contribution in [3.63, 3.8) is 0 Å². The number of fused-ring (bicyclic) bond motifs is 5. The minimum Gasteiger partial charge on any atom is -0.393 e. The molecule has 0 aromatic heterocycles. The van der Waals surface area contributed by atoms with Gasteiger partial charge in [-0.2, -0.15) is 0 Å². The molecule has 1 heteroatoms. The van der Waals surface area contributed by atoms with Crippen LogP contribution in [0.5, 0.6) is 0 Å². The fraction of sp³-hybridized carbons (Fsp3) is 0.929. The summed E-state index contributed by atoms with van der Waals surface area (Å²) in [6.45, 7) is 15.1. The smallest absolute Gasteiger partial charge is 0.0577 e. The molecule has 0 radical (unpaired) electrons. The minimum atomic E-state index is -0.0790. The maximum Gasteiger partial charge on any atom is 0.0577 e. The van der Waals surface area contributed by atoms with Crippen LogP contribution in [0.15, 0.2) is 11.6 Å². The van der Waals surface area contributed by atoms with Crippen LogP contribution in [0.25, 0.3) is 0 Å². The van der Waals surface area contributed by atoms with Crippen LogP contribution in [0.3, 0.4) is 0 Å². The van der Waals surface area contributed by atoms with Gasteiger partial charge < -0.3 is 5.11 Å². The quantitative estimate of drug-likeness (QED) is 0.470. The standard InChI is InChI=1S/C28H48O/c1-18(2)19(3)7-8-20(4)24-11-12-25-23-10-9-21-17-22(29)13-15-27(21,5)26(23)14-16-28(24,25)6/h9,18-20,22-26,29H,7-8,10-17H2,1-6H3/t19?,20?,22?,23?,24?,25?,26-,27?,28?/m0/s1. The molecule has 0 heterocycles. The van der Waals surface area contributed by atoms with Crippen molar-refractivity contribution in [3.05, 3.63) is 11.6 Å². The van der Waals surface area contributed by atoms with Gasteiger partial charge in [-0.05, 0) is 104 Å². The molecule has 0 saturated heterocycles. The molecular formula is C28H48O. The van der Waals surface area contributed by atoms with E-state index in [1.54, 1.807) is 5.57 Å². The van der Waals surface area contributed by atoms with Crippen LogP contribution in [0, 0.1) is 52.3 Å². The van der Waals surface area contributed by atoms with Crippen LogP contribution >= 0.6 is 0 Å². The van der Waals surface area contributed by atoms with Crippen molar-refractivity contribution < 1.29 is 5.11 Å². The van der Waals surface area contributed by atoms with E-state index in [-0.39, 0.29) is 6.10 Å². The van der Waals surface area contributed by atoms with Gasteiger partial charge in [-0.25, -0.2) is 0 Å². The zero-order valence-electron chi connectivity index (χ0n) is 20.2. The van der Waals surface area contributed by atoms with Gasteiger partial charge in [-0.15, -0.1) is 0 Å². The molecule has 0 aromatic rings. The lowest BCUT2D eigenvalue weighted by molar-refractivity contribution is -0.0574. The van der Waals surface area contributed by atoms with E-state index in [1.165, 1.54) is 51.4 Å². The Labute approximate surface area is 181 Å². The van der Waals surface area contributed by atoms with E-state index in [0.717, 1.165) is 54.3 Å². The average Bonchev–Trinajstić information content (AvgIpc) is 3.03. The molecule has 0 aliphatic heterocycles. The maximum atomic E-state index is 10.2. The lowest BCUT2D eigenvalue weighted by atomic mass is 9.47. The highest BCUT2D eigenvalue weighted by molar-refractivity contribution is 5.25. The van der Waals surface area contributed by atoms with Gasteiger partial charge in [0.05, 0.1) is 6.10 Å². The summed E-state index contributed by atoms with van der Waals surface area (Å²) in [4.78, 5) is 0. The first kappa shape index (κ1) is 21.9. The summed E-state index contributed by atoms with van der Waals surface area (Å²) in [5.41, 5.74) is 2.59. The molecule has 0 bridgehead atoms. The van der Waals surface area contributed by atoms with Gasteiger partial charge in [0.25, 0.3) is 0 Å². The van der Waals surface area contributed by atoms with E-state index in [0.29, 0.717) is 10.8 Å². The summed E-state index contributed by atoms with van der Waals surface area (Å²) in [5, 5.41) is 10.2. The molecular weight excluding hydrogens is 352 g/mol. The van der Waals surface area contributed by atoms with E-state index < -0.39 is 0 Å². The highest BCUT2D eigenvalue weighted by Crippen LogP contribution is 2.67. The lowest BCUT2D eigenvalue weighted by Gasteiger charge is -2.58. The number of hydrogen-bond acceptors (Lipinski definition) is 1. The molecule has 9 atom stereocenters. The number of aliphatic hydroxyl groups is 1. The summed E-state index contributed by atoms with van der Waals surface area (Å²) in [6, 6.07) is 0. The molecule has 3 fully saturated rings. The molecule has 4 aliphatic rings. The summed E-state index contributed by atoms with van der Waals surface area (Å²) in [6.07, 6.45) is 15.7. The zero-order valence-corrected chi connectivity index (χ0v) is 20.2. The lowest BCUT2D eigenvalue weighted by Crippen LogP contribution is -2.50. The molecule has 0 aromatic carbocycles. The molecule has 4 rings (SSSR count). The second-order valence-corrected chi connectivity index (χ2v) is 12.7. The fourth-order valence-electron chi connectivity index (χ4n) is 8.68. The second kappa shape index (κ2) is 7.99. The van der Waals surface area contributed by atoms with Crippen molar-refractivity contribution in [2.75, 3.05) is 0 Å². The summed E-state index contributed by atoms with van der Waals surface area (Å²) < 4.78 is 0. The number of hydrogen-bond donors (Lipinski definition) is 1. The molecule has 29 heavy (non-hydrogen) atoms. The van der Waals surface area contributed by atoms with Crippen molar-refractivity contribution in [1.29, 1.82) is 0 Å². The molecule has 0 amide bonds. The molecule has 166 valence electrons. The Morgan fingerprint density at radius 1 is 0.966 bits per heavy atom. The summed E-state index contributed by atoms with van der Waals surface area (Å²) in [5.74, 6) is 6.24. The van der Waals surface area contributed by atoms with Crippen LogP contribution in [0.4, 0.5) is 0 Å². The van der Waals surface area contributed by atoms with Gasteiger partial charge in [0, 0.05) is 0 Å². The molecule has 4 aliphatic carbocycles. The first-order valence-electron chi connectivity index (χ1n) is 13.0. The summed E-state index contributed by atoms with van der Waals surface area (Å²) >= 11 is 0. The molecule has 1 nitrogen and oxygen atoms in total. The Morgan fingerprint density at radius 3 is 2.45 bits per heavy atom. The van der Waals surface area contributed by atoms with Crippen molar-refractivity contribution >= 4 is 0 Å². The Kier molecular flexibility index (Phi) is 6.04. The summed E-state index contributed by atoms with van der Waals surface area (Å²) in [7, 11) is 0. The van der Waals surface area contributed by atoms with Crippen LogP contribution in [0.2, 0.25) is 0 Å². The predicted octanol–water partition coefficient (Wildman–Crippen LogP) is 7.63. The third-order valence-electron chi connectivity index (χ3n) is 11.1. The Morgan fingerprint density at radius 2 is 1.72 bits per heavy atom. The Bertz CT molecular complexity index is 620. The van der Waals surface area contributed by atoms with Crippen LogP contribution in [0.1, 0.15) is 106 Å². The number of rotatable bonds is 5. The van der Waals surface area contributed by atoms with E-state index in [9.17, 15) is 5.11 Å². The largest absolute Gasteiger partial charge is 0.393 e. The highest BCUT2D eigenvalue weighted by atomic mass is 16.3. The van der Waals surface area contributed by atoms with Crippen LogP contribution in [-0.4, -0.2) is 11.2 Å². The van der Waals surface area contributed by atoms with Crippen molar-refractivity contribution in [2.45, 2.75) is 112 Å². The molecule has 3 saturated carbocycles. The Hall–Kier alpha value is -0.300. The van der Waals surface area contributed by atoms with E-state index >= 15 is 0 Å². The van der Waals surface area contributed by atoms with Gasteiger partial charge >= 0.3 is 0 Å². The van der Waals surface area contributed by atoms with Gasteiger partial charge in [0.15, 0.2) is 0 Å². The van der Waals surface area contributed by atoms with E-state index in [2.05, 4.69) is 47.6 Å². The average molecular weight is 401 g/mol. The minimum absolute atomic E-state index is 0.0790. The second-order valence-electron chi connectivity index (χ2n) is 12.7. The maximum absolute atomic E-state index is 10.2. The third-order valence-corrected chi connectivity index (χ3v) is 11.1. The fourth-order valence-corrected chi connectivity index (χ4v) is 8.68. The number of aliphatic hydroxyl groups excluding tert-OH is 1. The van der Waals surface area contributed by atoms with E-state index in [1.807, 2.05) is 0 Å².